The molecule has 0 aliphatic rings. The number of ketones is 1. The topological polar surface area (TPSA) is 59.2 Å². The monoisotopic (exact) mass is 445 g/mol. The Morgan fingerprint density at radius 2 is 2.00 bits per heavy atom. The molecule has 0 aliphatic carbocycles. The molecule has 2 aromatic heterocycles. The molecule has 0 saturated carbocycles. The van der Waals surface area contributed by atoms with Crippen LogP contribution in [0.1, 0.15) is 5.76 Å². The number of alkyl halides is 3. The van der Waals surface area contributed by atoms with Crippen molar-refractivity contribution >= 4 is 34.3 Å². The summed E-state index contributed by atoms with van der Waals surface area (Å²) in [4.78, 5) is 17.4. The van der Waals surface area contributed by atoms with Gasteiger partial charge in [-0.25, -0.2) is 9.37 Å². The molecular weight excluding hydrogens is 434 g/mol. The summed E-state index contributed by atoms with van der Waals surface area (Å²) in [7, 11) is 2.88. The Labute approximate surface area is 171 Å². The Hall–Kier alpha value is -2.72. The van der Waals surface area contributed by atoms with E-state index in [9.17, 15) is 22.4 Å². The molecule has 2 heterocycles. The molecule has 0 radical (unpaired) electrons. The van der Waals surface area contributed by atoms with Crippen LogP contribution in [0.4, 0.5) is 17.6 Å². The number of benzene rings is 1. The van der Waals surface area contributed by atoms with Crippen LogP contribution in [0.25, 0.3) is 27.4 Å². The van der Waals surface area contributed by atoms with Crippen LogP contribution in [0.5, 0.6) is 0 Å². The lowest BCUT2D eigenvalue weighted by atomic mass is 10.00. The molecule has 3 aromatic rings. The first kappa shape index (κ1) is 21.0. The lowest BCUT2D eigenvalue weighted by Crippen LogP contribution is -2.25. The van der Waals surface area contributed by atoms with Gasteiger partial charge in [0.15, 0.2) is 5.76 Å². The Bertz CT molecular complexity index is 1060. The molecule has 0 unspecified atom stereocenters. The first-order valence-corrected chi connectivity index (χ1v) is 9.21. The third-order valence-corrected chi connectivity index (χ3v) is 4.78. The smallest absolute Gasteiger partial charge is 0.383 e. The average Bonchev–Trinajstić information content (AvgIpc) is 3.27. The second kappa shape index (κ2) is 7.96. The molecule has 3 rings (SSSR count). The number of hydrogen-bond donors (Lipinski definition) is 0. The maximum Gasteiger partial charge on any atom is 0.455 e. The van der Waals surface area contributed by atoms with E-state index in [1.165, 1.54) is 37.3 Å². The van der Waals surface area contributed by atoms with Crippen LogP contribution in [0.15, 0.2) is 40.5 Å². The van der Waals surface area contributed by atoms with E-state index >= 15 is 0 Å². The molecule has 11 heteroatoms. The highest BCUT2D eigenvalue weighted by atomic mass is 35.5. The first-order valence-electron chi connectivity index (χ1n) is 7.95. The highest BCUT2D eigenvalue weighted by molar-refractivity contribution is 7.13. The maximum atomic E-state index is 14.5. The minimum absolute atomic E-state index is 0.0251. The quantitative estimate of drug-likeness (QED) is 0.394. The van der Waals surface area contributed by atoms with Gasteiger partial charge in [0.05, 0.1) is 21.7 Å². The largest absolute Gasteiger partial charge is 0.455 e. The van der Waals surface area contributed by atoms with Crippen LogP contribution in [0, 0.1) is 5.82 Å². The summed E-state index contributed by atoms with van der Waals surface area (Å²) in [6.07, 6.45) is -2.80. The van der Waals surface area contributed by atoms with Crippen LogP contribution in [0.3, 0.4) is 0 Å². The van der Waals surface area contributed by atoms with Crippen molar-refractivity contribution in [2.24, 2.45) is 0 Å². The molecule has 0 bridgehead atoms. The molecule has 0 saturated heterocycles. The molecule has 152 valence electrons. The number of Topliss-reactive ketones (excluding diaryl/α,β-unsaturated/α-hetero) is 1. The third-order valence-electron chi connectivity index (χ3n) is 3.67. The lowest BCUT2D eigenvalue weighted by Gasteiger charge is -2.12. The van der Waals surface area contributed by atoms with Gasteiger partial charge in [-0.2, -0.15) is 13.2 Å². The van der Waals surface area contributed by atoms with E-state index in [0.29, 0.717) is 0 Å². The van der Waals surface area contributed by atoms with Crippen LogP contribution >= 0.6 is 22.9 Å². The molecule has 0 spiro atoms. The van der Waals surface area contributed by atoms with Crippen molar-refractivity contribution in [1.29, 1.82) is 0 Å². The Kier molecular flexibility index (Phi) is 5.76. The summed E-state index contributed by atoms with van der Waals surface area (Å²) in [6.45, 7) is 0. The molecule has 0 fully saturated rings. The van der Waals surface area contributed by atoms with E-state index in [1.54, 1.807) is 5.38 Å². The zero-order valence-electron chi connectivity index (χ0n) is 14.9. The third kappa shape index (κ3) is 4.18. The molecular formula is C18H12ClF4N3O2S. The summed E-state index contributed by atoms with van der Waals surface area (Å²) in [5.74, 6) is -3.37. The SMILES string of the molecule is CN(C)C=C(C(=O)C(F)(F)F)c1onc(-c2c(F)cccc2Cl)c1-c1nccs1. The average molecular weight is 446 g/mol. The minimum Gasteiger partial charge on any atom is -0.383 e. The standard InChI is InChI=1S/C18H12ClF4N3O2S/c1-26(2)8-9(16(27)18(21,22)23)15-13(17-24-6-7-29-17)14(25-28-15)12-10(19)4-3-5-11(12)20/h3-8H,1-2H3. The first-order chi connectivity index (χ1) is 13.6. The molecule has 0 atom stereocenters. The highest BCUT2D eigenvalue weighted by Gasteiger charge is 2.44. The van der Waals surface area contributed by atoms with Crippen molar-refractivity contribution in [3.8, 4) is 21.8 Å². The molecule has 0 amide bonds. The van der Waals surface area contributed by atoms with Crippen molar-refractivity contribution in [3.05, 3.63) is 52.6 Å². The zero-order chi connectivity index (χ0) is 21.3. The van der Waals surface area contributed by atoms with Crippen molar-refractivity contribution in [2.45, 2.75) is 6.18 Å². The van der Waals surface area contributed by atoms with E-state index in [4.69, 9.17) is 16.1 Å². The van der Waals surface area contributed by atoms with Gasteiger partial charge in [0.1, 0.15) is 16.5 Å². The van der Waals surface area contributed by atoms with Crippen molar-refractivity contribution in [2.75, 3.05) is 14.1 Å². The van der Waals surface area contributed by atoms with Gasteiger partial charge in [-0.1, -0.05) is 22.8 Å². The number of halogens is 5. The maximum absolute atomic E-state index is 14.5. The predicted octanol–water partition coefficient (Wildman–Crippen LogP) is 5.29. The van der Waals surface area contributed by atoms with Crippen molar-refractivity contribution in [1.82, 2.24) is 15.0 Å². The van der Waals surface area contributed by atoms with Crippen LogP contribution in [0.2, 0.25) is 5.02 Å². The van der Waals surface area contributed by atoms with E-state index in [2.05, 4.69) is 10.1 Å². The predicted molar refractivity (Wildman–Crippen MR) is 101 cm³/mol. The summed E-state index contributed by atoms with van der Waals surface area (Å²) in [5.41, 5.74) is -1.17. The van der Waals surface area contributed by atoms with E-state index < -0.39 is 29.1 Å². The number of carbonyl (C=O) groups excluding carboxylic acids is 1. The second-order valence-electron chi connectivity index (χ2n) is 6.00. The van der Waals surface area contributed by atoms with Gasteiger partial charge in [-0.3, -0.25) is 4.79 Å². The Morgan fingerprint density at radius 3 is 2.55 bits per heavy atom. The summed E-state index contributed by atoms with van der Waals surface area (Å²) < 4.78 is 59.2. The molecule has 0 aliphatic heterocycles. The van der Waals surface area contributed by atoms with Gasteiger partial charge in [0.2, 0.25) is 0 Å². The molecule has 1 aromatic carbocycles. The second-order valence-corrected chi connectivity index (χ2v) is 7.30. The van der Waals surface area contributed by atoms with Gasteiger partial charge in [-0.05, 0) is 12.1 Å². The molecule has 29 heavy (non-hydrogen) atoms. The number of allylic oxidation sites excluding steroid dienone is 1. The van der Waals surface area contributed by atoms with Gasteiger partial charge in [-0.15, -0.1) is 11.3 Å². The Balaban J connectivity index is 2.33. The lowest BCUT2D eigenvalue weighted by molar-refractivity contribution is -0.164. The van der Waals surface area contributed by atoms with Crippen molar-refractivity contribution in [3.63, 3.8) is 0 Å². The fraction of sp³-hybridized carbons (Fsp3) is 0.167. The number of nitrogens with zero attached hydrogens (tertiary/aromatic N) is 3. The van der Waals surface area contributed by atoms with Crippen LogP contribution in [-0.2, 0) is 4.79 Å². The van der Waals surface area contributed by atoms with Gasteiger partial charge in [0.25, 0.3) is 5.78 Å². The summed E-state index contributed by atoms with van der Waals surface area (Å²) >= 11 is 7.16. The number of hydrogen-bond acceptors (Lipinski definition) is 6. The molecule has 5 nitrogen and oxygen atoms in total. The minimum atomic E-state index is -5.16. The van der Waals surface area contributed by atoms with Crippen molar-refractivity contribution < 1.29 is 26.9 Å². The highest BCUT2D eigenvalue weighted by Crippen LogP contribution is 2.43. The van der Waals surface area contributed by atoms with Crippen LogP contribution < -0.4 is 0 Å². The van der Waals surface area contributed by atoms with Gasteiger partial charge in [0, 0.05) is 31.9 Å². The number of aromatic nitrogens is 2. The van der Waals surface area contributed by atoms with Crippen LogP contribution in [-0.4, -0.2) is 41.1 Å². The number of carbonyl (C=O) groups is 1. The van der Waals surface area contributed by atoms with E-state index in [1.807, 2.05) is 0 Å². The normalized spacial score (nSPS) is 12.3. The Morgan fingerprint density at radius 1 is 1.28 bits per heavy atom. The fourth-order valence-electron chi connectivity index (χ4n) is 2.55. The fourth-order valence-corrected chi connectivity index (χ4v) is 3.48. The number of thiazole rings is 1. The van der Waals surface area contributed by atoms with Gasteiger partial charge >= 0.3 is 6.18 Å². The van der Waals surface area contributed by atoms with Gasteiger partial charge < -0.3 is 9.42 Å². The molecule has 0 N–H and O–H groups in total. The van der Waals surface area contributed by atoms with E-state index in [0.717, 1.165) is 23.6 Å². The summed E-state index contributed by atoms with van der Waals surface area (Å²) in [6, 6.07) is 3.89. The number of rotatable bonds is 5. The zero-order valence-corrected chi connectivity index (χ0v) is 16.5. The van der Waals surface area contributed by atoms with E-state index in [-0.39, 0.29) is 26.9 Å². The summed E-state index contributed by atoms with van der Waals surface area (Å²) in [5, 5.41) is 5.48.